The second kappa shape index (κ2) is 6.89. The van der Waals surface area contributed by atoms with Crippen LogP contribution in [0.4, 0.5) is 0 Å². The summed E-state index contributed by atoms with van der Waals surface area (Å²) in [6, 6.07) is 13.7. The second-order valence-electron chi connectivity index (χ2n) is 6.98. The van der Waals surface area contributed by atoms with Crippen LogP contribution in [0.1, 0.15) is 44.0 Å². The van der Waals surface area contributed by atoms with Crippen molar-refractivity contribution in [3.05, 3.63) is 59.4 Å². The number of fused-ring (bicyclic) bond motifs is 1. The molecule has 24 heavy (non-hydrogen) atoms. The van der Waals surface area contributed by atoms with E-state index in [1.807, 2.05) is 47.0 Å². The average molecular weight is 329 g/mol. The van der Waals surface area contributed by atoms with E-state index in [1.165, 1.54) is 0 Å². The Balaban J connectivity index is 1.87. The number of aliphatic hydroxyl groups excluding tert-OH is 1. The van der Waals surface area contributed by atoms with Crippen LogP contribution in [0.2, 0.25) is 0 Å². The normalized spacial score (nSPS) is 17.2. The van der Waals surface area contributed by atoms with Crippen molar-refractivity contribution in [2.75, 3.05) is 0 Å². The molecule has 0 saturated carbocycles. The molecule has 2 N–H and O–H groups in total. The zero-order chi connectivity index (χ0) is 17.2. The molecule has 0 saturated heterocycles. The summed E-state index contributed by atoms with van der Waals surface area (Å²) in [7, 11) is 0. The molecule has 1 aromatic carbocycles. The van der Waals surface area contributed by atoms with E-state index in [0.29, 0.717) is 13.3 Å². The number of nitrogens with zero attached hydrogens (tertiary/aromatic N) is 1. The minimum Gasteiger partial charge on any atom is -0.454 e. The van der Waals surface area contributed by atoms with Crippen LogP contribution in [-0.4, -0.2) is 10.6 Å². The molecular formula is C19H25N2O3+. The Morgan fingerprint density at radius 2 is 1.92 bits per heavy atom. The van der Waals surface area contributed by atoms with E-state index in [0.717, 1.165) is 22.7 Å². The van der Waals surface area contributed by atoms with Crippen LogP contribution >= 0.6 is 0 Å². The van der Waals surface area contributed by atoms with E-state index in [2.05, 4.69) is 26.1 Å². The highest BCUT2D eigenvalue weighted by Crippen LogP contribution is 2.31. The second-order valence-corrected chi connectivity index (χ2v) is 6.98. The summed E-state index contributed by atoms with van der Waals surface area (Å²) in [5.74, 6) is 0.794. The van der Waals surface area contributed by atoms with Crippen molar-refractivity contribution < 1.29 is 19.1 Å². The Bertz CT molecular complexity index is 696. The van der Waals surface area contributed by atoms with Gasteiger partial charge in [0.15, 0.2) is 5.75 Å². The first-order valence-electron chi connectivity index (χ1n) is 8.21. The standard InChI is InChI=1S/C19H25N2O3/c1-19(2,3)20-13-21-15(11-22)9-10-17-16(21)12-23-18(24-17)14-7-5-4-6-8-14/h4-10,18,20,22H,11-13H2,1-3H3/q+1. The largest absolute Gasteiger partial charge is 0.454 e. The first-order chi connectivity index (χ1) is 11.5. The zero-order valence-corrected chi connectivity index (χ0v) is 14.5. The van der Waals surface area contributed by atoms with Crippen LogP contribution < -0.4 is 14.6 Å². The van der Waals surface area contributed by atoms with Gasteiger partial charge in [0.2, 0.25) is 18.7 Å². The van der Waals surface area contributed by atoms with Crippen LogP contribution in [0.25, 0.3) is 0 Å². The van der Waals surface area contributed by atoms with Crippen molar-refractivity contribution in [1.82, 2.24) is 5.32 Å². The fourth-order valence-electron chi connectivity index (χ4n) is 2.65. The lowest BCUT2D eigenvalue weighted by atomic mass is 10.1. The van der Waals surface area contributed by atoms with E-state index in [4.69, 9.17) is 9.47 Å². The molecule has 0 amide bonds. The minimum atomic E-state index is -0.400. The number of pyridine rings is 1. The molecule has 128 valence electrons. The van der Waals surface area contributed by atoms with Gasteiger partial charge >= 0.3 is 0 Å². The molecule has 5 heteroatoms. The number of hydrogen-bond acceptors (Lipinski definition) is 4. The third-order valence-corrected chi connectivity index (χ3v) is 3.99. The van der Waals surface area contributed by atoms with E-state index < -0.39 is 6.29 Å². The summed E-state index contributed by atoms with van der Waals surface area (Å²) >= 11 is 0. The molecule has 2 heterocycles. The molecule has 1 aliphatic heterocycles. The van der Waals surface area contributed by atoms with Gasteiger partial charge in [0, 0.05) is 17.2 Å². The molecule has 1 atom stereocenters. The molecule has 0 fully saturated rings. The maximum Gasteiger partial charge on any atom is 0.251 e. The van der Waals surface area contributed by atoms with Crippen molar-refractivity contribution in [3.8, 4) is 5.75 Å². The summed E-state index contributed by atoms with van der Waals surface area (Å²) < 4.78 is 14.0. The lowest BCUT2D eigenvalue weighted by molar-refractivity contribution is -0.722. The third kappa shape index (κ3) is 3.75. The predicted octanol–water partition coefficient (Wildman–Crippen LogP) is 2.42. The van der Waals surface area contributed by atoms with Gasteiger partial charge in [0.05, 0.1) is 0 Å². The molecule has 0 bridgehead atoms. The predicted molar refractivity (Wildman–Crippen MR) is 90.0 cm³/mol. The van der Waals surface area contributed by atoms with Crippen LogP contribution in [0.15, 0.2) is 42.5 Å². The van der Waals surface area contributed by atoms with Crippen molar-refractivity contribution in [2.24, 2.45) is 0 Å². The number of rotatable bonds is 4. The number of hydrogen-bond donors (Lipinski definition) is 2. The summed E-state index contributed by atoms with van der Waals surface area (Å²) in [5, 5.41) is 13.1. The average Bonchev–Trinajstić information content (AvgIpc) is 2.59. The van der Waals surface area contributed by atoms with Gasteiger partial charge < -0.3 is 14.6 Å². The van der Waals surface area contributed by atoms with E-state index in [1.54, 1.807) is 0 Å². The van der Waals surface area contributed by atoms with Crippen LogP contribution in [0.5, 0.6) is 5.75 Å². The minimum absolute atomic E-state index is 0.0224. The number of aromatic nitrogens is 1. The smallest absolute Gasteiger partial charge is 0.251 e. The Labute approximate surface area is 142 Å². The Morgan fingerprint density at radius 1 is 1.17 bits per heavy atom. The van der Waals surface area contributed by atoms with E-state index in [9.17, 15) is 5.11 Å². The van der Waals surface area contributed by atoms with Gasteiger partial charge in [0.25, 0.3) is 5.69 Å². The Morgan fingerprint density at radius 3 is 2.58 bits per heavy atom. The highest BCUT2D eigenvalue weighted by Gasteiger charge is 2.31. The first-order valence-corrected chi connectivity index (χ1v) is 8.21. The van der Waals surface area contributed by atoms with Crippen LogP contribution in [0, 0.1) is 0 Å². The van der Waals surface area contributed by atoms with Crippen molar-refractivity contribution >= 4 is 0 Å². The van der Waals surface area contributed by atoms with Crippen molar-refractivity contribution in [2.45, 2.75) is 52.5 Å². The number of benzene rings is 1. The first kappa shape index (κ1) is 16.9. The summed E-state index contributed by atoms with van der Waals surface area (Å²) in [6.07, 6.45) is -0.400. The van der Waals surface area contributed by atoms with Gasteiger partial charge in [-0.3, -0.25) is 5.32 Å². The number of aliphatic hydroxyl groups is 1. The van der Waals surface area contributed by atoms with Gasteiger partial charge in [-0.25, -0.2) is 0 Å². The quantitative estimate of drug-likeness (QED) is 0.846. The zero-order valence-electron chi connectivity index (χ0n) is 14.5. The molecule has 1 unspecified atom stereocenters. The van der Waals surface area contributed by atoms with Crippen LogP contribution in [-0.2, 0) is 24.6 Å². The molecule has 1 aliphatic rings. The Kier molecular flexibility index (Phi) is 4.85. The van der Waals surface area contributed by atoms with Crippen LogP contribution in [0.3, 0.4) is 0 Å². The van der Waals surface area contributed by atoms with Gasteiger partial charge in [-0.15, -0.1) is 0 Å². The monoisotopic (exact) mass is 329 g/mol. The van der Waals surface area contributed by atoms with Gasteiger partial charge in [-0.2, -0.15) is 4.57 Å². The number of ether oxygens (including phenoxy) is 2. The fourth-order valence-corrected chi connectivity index (χ4v) is 2.65. The van der Waals surface area contributed by atoms with Gasteiger partial charge in [-0.1, -0.05) is 30.3 Å². The summed E-state index contributed by atoms with van der Waals surface area (Å²) in [6.45, 7) is 7.33. The van der Waals surface area contributed by atoms with Crippen molar-refractivity contribution in [1.29, 1.82) is 0 Å². The molecule has 0 aliphatic carbocycles. The Hall–Kier alpha value is -1.95. The fraction of sp³-hybridized carbons (Fsp3) is 0.421. The topological polar surface area (TPSA) is 54.6 Å². The molecule has 0 spiro atoms. The van der Waals surface area contributed by atoms with E-state index in [-0.39, 0.29) is 12.1 Å². The van der Waals surface area contributed by atoms with Crippen molar-refractivity contribution in [3.63, 3.8) is 0 Å². The maximum atomic E-state index is 9.65. The highest BCUT2D eigenvalue weighted by atomic mass is 16.7. The number of nitrogens with one attached hydrogen (secondary N) is 1. The van der Waals surface area contributed by atoms with Gasteiger partial charge in [-0.05, 0) is 26.8 Å². The molecule has 1 aromatic heterocycles. The lowest BCUT2D eigenvalue weighted by Gasteiger charge is -2.26. The SMILES string of the molecule is CC(C)(C)NC[n+]1c(CO)ccc2c1COC(c1ccccc1)O2. The van der Waals surface area contributed by atoms with E-state index >= 15 is 0 Å². The maximum absolute atomic E-state index is 9.65. The lowest BCUT2D eigenvalue weighted by Crippen LogP contribution is -2.53. The molecule has 2 aromatic rings. The van der Waals surface area contributed by atoms with Gasteiger partial charge in [0.1, 0.15) is 13.2 Å². The molecule has 0 radical (unpaired) electrons. The summed E-state index contributed by atoms with van der Waals surface area (Å²) in [5.41, 5.74) is 2.74. The molecular weight excluding hydrogens is 304 g/mol. The molecule has 3 rings (SSSR count). The third-order valence-electron chi connectivity index (χ3n) is 3.99. The molecule has 5 nitrogen and oxygen atoms in total. The summed E-state index contributed by atoms with van der Waals surface area (Å²) in [4.78, 5) is 0. The highest BCUT2D eigenvalue weighted by molar-refractivity contribution is 5.28.